The van der Waals surface area contributed by atoms with Crippen LogP contribution in [0.3, 0.4) is 0 Å². The number of para-hydroxylation sites is 1. The first kappa shape index (κ1) is 45.1. The molecule has 66 heavy (non-hydrogen) atoms. The van der Waals surface area contributed by atoms with E-state index >= 15 is 0 Å². The topological polar surface area (TPSA) is 213 Å². The first-order valence-corrected chi connectivity index (χ1v) is 21.6. The number of nitrogens with one attached hydrogen (secondary N) is 4. The summed E-state index contributed by atoms with van der Waals surface area (Å²) in [6.45, 7) is 2.19. The van der Waals surface area contributed by atoms with Crippen molar-refractivity contribution >= 4 is 46.8 Å². The monoisotopic (exact) mass is 896 g/mol. The number of benzene rings is 4. The highest BCUT2D eigenvalue weighted by atomic mass is 16.5. The molecular weight excluding hydrogens is 849 g/mol. The maximum atomic E-state index is 13.2. The van der Waals surface area contributed by atoms with E-state index in [-0.39, 0.29) is 62.0 Å². The molecule has 4 heterocycles. The molecule has 17 heteroatoms. The molecule has 4 N–H and O–H groups in total. The molecule has 1 fully saturated rings. The molecule has 0 spiro atoms. The van der Waals surface area contributed by atoms with Gasteiger partial charge in [0.05, 0.1) is 81.4 Å². The molecule has 8 rings (SSSR count). The fourth-order valence-corrected chi connectivity index (χ4v) is 8.01. The van der Waals surface area contributed by atoms with Crippen LogP contribution in [-0.2, 0) is 39.8 Å². The van der Waals surface area contributed by atoms with Gasteiger partial charge in [-0.1, -0.05) is 60.7 Å². The van der Waals surface area contributed by atoms with Gasteiger partial charge in [0.2, 0.25) is 17.7 Å². The lowest BCUT2D eigenvalue weighted by atomic mass is 9.92. The number of fused-ring (bicyclic) bond motifs is 4. The molecule has 4 aromatic carbocycles. The summed E-state index contributed by atoms with van der Waals surface area (Å²) >= 11 is 0. The zero-order chi connectivity index (χ0) is 46.0. The van der Waals surface area contributed by atoms with Gasteiger partial charge in [-0.15, -0.1) is 0 Å². The molecule has 0 bridgehead atoms. The maximum Gasteiger partial charge on any atom is 0.264 e. The Hall–Kier alpha value is -7.47. The number of ether oxygens (including phenoxy) is 5. The molecule has 1 atom stereocenters. The van der Waals surface area contributed by atoms with Crippen molar-refractivity contribution in [3.05, 3.63) is 114 Å². The zero-order valence-electron chi connectivity index (χ0n) is 36.2. The second-order valence-electron chi connectivity index (χ2n) is 15.5. The van der Waals surface area contributed by atoms with E-state index in [0.29, 0.717) is 62.5 Å². The van der Waals surface area contributed by atoms with Crippen molar-refractivity contribution in [2.75, 3.05) is 77.1 Å². The number of hydrogen-bond donors (Lipinski definition) is 4. The standard InChI is InChI=1S/C49H48N6O11/c1-62-41-26-31(34-27-38(30-8-3-2-4-9-30)53-46-32-10-5-6-12-36(32)52-43(57)28-35(34)46)14-16-40(41)66-29-44(58)51-19-21-64-23-25-65-24-22-63-20-18-50-37-13-7-11-33-45(37)49(61)55(48(33)60)39-15-17-42(56)54-47(39)59/h2-14,16,26-27,39,50H,15,17-25,28-29H2,1H3,(H,51,58)(H,52,57)(H,54,56,59). The lowest BCUT2D eigenvalue weighted by Gasteiger charge is -2.27. The van der Waals surface area contributed by atoms with Crippen molar-refractivity contribution in [2.24, 2.45) is 0 Å². The molecule has 0 radical (unpaired) electrons. The second-order valence-corrected chi connectivity index (χ2v) is 15.5. The van der Waals surface area contributed by atoms with Gasteiger partial charge in [0, 0.05) is 36.3 Å². The normalized spacial score (nSPS) is 15.3. The molecule has 1 unspecified atom stereocenters. The van der Waals surface area contributed by atoms with Gasteiger partial charge < -0.3 is 39.6 Å². The van der Waals surface area contributed by atoms with Gasteiger partial charge in [-0.2, -0.15) is 0 Å². The summed E-state index contributed by atoms with van der Waals surface area (Å²) in [5.74, 6) is -1.92. The van der Waals surface area contributed by atoms with E-state index in [2.05, 4.69) is 21.3 Å². The third kappa shape index (κ3) is 10.2. The number of hydrogen-bond acceptors (Lipinski definition) is 13. The van der Waals surface area contributed by atoms with E-state index in [1.165, 1.54) is 13.2 Å². The van der Waals surface area contributed by atoms with E-state index < -0.39 is 29.7 Å². The molecule has 1 aromatic heterocycles. The van der Waals surface area contributed by atoms with Crippen molar-refractivity contribution < 1.29 is 52.5 Å². The molecule has 0 aliphatic carbocycles. The van der Waals surface area contributed by atoms with Crippen molar-refractivity contribution in [3.8, 4) is 45.1 Å². The first-order valence-electron chi connectivity index (χ1n) is 21.6. The molecule has 3 aliphatic heterocycles. The number of piperidine rings is 1. The molecule has 340 valence electrons. The Bertz CT molecular complexity index is 2660. The van der Waals surface area contributed by atoms with E-state index in [1.54, 1.807) is 18.2 Å². The lowest BCUT2D eigenvalue weighted by Crippen LogP contribution is -2.54. The largest absolute Gasteiger partial charge is 0.493 e. The van der Waals surface area contributed by atoms with Crippen LogP contribution in [0.25, 0.3) is 33.6 Å². The van der Waals surface area contributed by atoms with Gasteiger partial charge in [-0.05, 0) is 59.5 Å². The van der Waals surface area contributed by atoms with Crippen molar-refractivity contribution in [1.29, 1.82) is 0 Å². The van der Waals surface area contributed by atoms with Crippen LogP contribution in [0.15, 0.2) is 97.1 Å². The summed E-state index contributed by atoms with van der Waals surface area (Å²) < 4.78 is 28.4. The van der Waals surface area contributed by atoms with E-state index in [1.807, 2.05) is 72.8 Å². The predicted molar refractivity (Wildman–Crippen MR) is 242 cm³/mol. The average Bonchev–Trinajstić information content (AvgIpc) is 3.48. The zero-order valence-corrected chi connectivity index (χ0v) is 36.2. The van der Waals surface area contributed by atoms with E-state index in [4.69, 9.17) is 28.7 Å². The molecule has 5 aromatic rings. The summed E-state index contributed by atoms with van der Waals surface area (Å²) in [7, 11) is 1.53. The highest BCUT2D eigenvalue weighted by Crippen LogP contribution is 2.42. The SMILES string of the molecule is COc1cc(-c2cc(-c3ccccc3)nc3c2CC(=O)Nc2ccccc2-3)ccc1OCC(=O)NCCOCCOCCOCCNc1cccc2c1C(=O)N(C1CCC(=O)NC1=O)C2=O. The van der Waals surface area contributed by atoms with Gasteiger partial charge in [-0.3, -0.25) is 39.0 Å². The lowest BCUT2D eigenvalue weighted by molar-refractivity contribution is -0.136. The van der Waals surface area contributed by atoms with Crippen LogP contribution in [0.4, 0.5) is 11.4 Å². The number of amides is 6. The highest BCUT2D eigenvalue weighted by molar-refractivity contribution is 6.25. The average molecular weight is 897 g/mol. The van der Waals surface area contributed by atoms with Crippen molar-refractivity contribution in [3.63, 3.8) is 0 Å². The Balaban J connectivity index is 0.735. The molecular formula is C49H48N6O11. The van der Waals surface area contributed by atoms with E-state index in [9.17, 15) is 28.8 Å². The third-order valence-corrected chi connectivity index (χ3v) is 11.2. The van der Waals surface area contributed by atoms with Crippen LogP contribution in [0.1, 0.15) is 39.1 Å². The maximum absolute atomic E-state index is 13.2. The number of methoxy groups -OCH3 is 1. The molecule has 3 aliphatic rings. The van der Waals surface area contributed by atoms with Crippen LogP contribution >= 0.6 is 0 Å². The second kappa shape index (κ2) is 21.0. The third-order valence-electron chi connectivity index (χ3n) is 11.2. The van der Waals surface area contributed by atoms with E-state index in [0.717, 1.165) is 44.1 Å². The van der Waals surface area contributed by atoms with Crippen LogP contribution in [0.2, 0.25) is 0 Å². The van der Waals surface area contributed by atoms with Crippen molar-refractivity contribution in [1.82, 2.24) is 20.5 Å². The summed E-state index contributed by atoms with van der Waals surface area (Å²) in [4.78, 5) is 82.0. The minimum Gasteiger partial charge on any atom is -0.493 e. The van der Waals surface area contributed by atoms with Gasteiger partial charge in [0.15, 0.2) is 18.1 Å². The van der Waals surface area contributed by atoms with Crippen LogP contribution in [0, 0.1) is 0 Å². The Labute approximate surface area is 380 Å². The van der Waals surface area contributed by atoms with Crippen LogP contribution < -0.4 is 30.7 Å². The fraction of sp³-hybridized carbons (Fsp3) is 0.286. The summed E-state index contributed by atoms with van der Waals surface area (Å²) in [5.41, 5.74) is 7.19. The molecule has 0 saturated carbocycles. The Morgan fingerprint density at radius 1 is 0.712 bits per heavy atom. The molecule has 6 amide bonds. The fourth-order valence-electron chi connectivity index (χ4n) is 8.01. The predicted octanol–water partition coefficient (Wildman–Crippen LogP) is 4.64. The van der Waals surface area contributed by atoms with Gasteiger partial charge >= 0.3 is 0 Å². The van der Waals surface area contributed by atoms with Gasteiger partial charge in [0.1, 0.15) is 6.04 Å². The van der Waals surface area contributed by atoms with Gasteiger partial charge in [0.25, 0.3) is 17.7 Å². The summed E-state index contributed by atoms with van der Waals surface area (Å²) in [6, 6.07) is 28.8. The first-order chi connectivity index (χ1) is 32.2. The Morgan fingerprint density at radius 2 is 1.44 bits per heavy atom. The number of pyridine rings is 1. The number of rotatable bonds is 20. The smallest absolute Gasteiger partial charge is 0.264 e. The van der Waals surface area contributed by atoms with Gasteiger partial charge in [-0.25, -0.2) is 4.98 Å². The quantitative estimate of drug-likeness (QED) is 0.0620. The molecule has 17 nitrogen and oxygen atoms in total. The number of aromatic nitrogens is 1. The minimum atomic E-state index is -1.04. The Morgan fingerprint density at radius 3 is 2.21 bits per heavy atom. The molecule has 1 saturated heterocycles. The number of carbonyl (C=O) groups excluding carboxylic acids is 6. The number of nitrogens with zero attached hydrogens (tertiary/aromatic N) is 2. The number of carbonyl (C=O) groups is 6. The van der Waals surface area contributed by atoms with Crippen LogP contribution in [0.5, 0.6) is 11.5 Å². The number of anilines is 2. The number of imide groups is 2. The Kier molecular flexibility index (Phi) is 14.4. The van der Waals surface area contributed by atoms with Crippen LogP contribution in [-0.4, -0.2) is 118 Å². The highest BCUT2D eigenvalue weighted by Gasteiger charge is 2.45. The minimum absolute atomic E-state index is 0.0474. The van der Waals surface area contributed by atoms with Crippen molar-refractivity contribution in [2.45, 2.75) is 25.3 Å². The summed E-state index contributed by atoms with van der Waals surface area (Å²) in [5, 5.41) is 11.1. The summed E-state index contributed by atoms with van der Waals surface area (Å²) in [6.07, 6.45) is 0.258.